The van der Waals surface area contributed by atoms with Crippen molar-refractivity contribution in [2.24, 2.45) is 0 Å². The second kappa shape index (κ2) is 9.39. The van der Waals surface area contributed by atoms with Crippen LogP contribution in [0.1, 0.15) is 28.0 Å². The van der Waals surface area contributed by atoms with Crippen LogP contribution in [0.3, 0.4) is 0 Å². The zero-order valence-electron chi connectivity index (χ0n) is 17.4. The van der Waals surface area contributed by atoms with Crippen LogP contribution in [0.5, 0.6) is 5.75 Å². The van der Waals surface area contributed by atoms with Crippen LogP contribution in [0.15, 0.2) is 48.5 Å². The van der Waals surface area contributed by atoms with Gasteiger partial charge in [-0.15, -0.1) is 0 Å². The summed E-state index contributed by atoms with van der Waals surface area (Å²) in [6.07, 6.45) is 0.753. The smallest absolute Gasteiger partial charge is 0.270 e. The van der Waals surface area contributed by atoms with Crippen LogP contribution in [0, 0.1) is 13.8 Å². The summed E-state index contributed by atoms with van der Waals surface area (Å²) < 4.78 is 12.1. The minimum Gasteiger partial charge on any atom is -0.497 e. The first-order valence-electron chi connectivity index (χ1n) is 9.62. The Labute approximate surface area is 171 Å². The van der Waals surface area contributed by atoms with Crippen molar-refractivity contribution in [3.05, 3.63) is 65.4 Å². The fraction of sp³-hybridized carbons (Fsp3) is 0.304. The number of carbonyl (C=O) groups excluding carboxylic acids is 1. The predicted octanol–water partition coefficient (Wildman–Crippen LogP) is 3.93. The molecule has 1 aromatic heterocycles. The first-order chi connectivity index (χ1) is 14.0. The number of benzene rings is 2. The van der Waals surface area contributed by atoms with Gasteiger partial charge in [-0.05, 0) is 55.7 Å². The Hall–Kier alpha value is -3.12. The molecule has 0 aliphatic heterocycles. The molecule has 152 valence electrons. The molecular formula is C23H27N3O3. The fourth-order valence-corrected chi connectivity index (χ4v) is 3.11. The van der Waals surface area contributed by atoms with Crippen molar-refractivity contribution >= 4 is 5.91 Å². The van der Waals surface area contributed by atoms with E-state index in [-0.39, 0.29) is 5.91 Å². The summed E-state index contributed by atoms with van der Waals surface area (Å²) in [5.41, 5.74) is 5.14. The van der Waals surface area contributed by atoms with Crippen LogP contribution in [0.4, 0.5) is 0 Å². The molecule has 1 heterocycles. The van der Waals surface area contributed by atoms with E-state index in [9.17, 15) is 4.79 Å². The van der Waals surface area contributed by atoms with E-state index < -0.39 is 0 Å². The zero-order valence-corrected chi connectivity index (χ0v) is 17.4. The summed E-state index contributed by atoms with van der Waals surface area (Å²) in [5.74, 6) is 0.581. The minimum absolute atomic E-state index is 0.163. The molecule has 0 atom stereocenters. The standard InChI is InChI=1S/C23H27N3O3/c1-16-9-10-17(2)21(13-16)26-22(23(27)24-11-6-12-28-3)15-20(25-26)18-7-5-8-19(14-18)29-4/h5,7-10,13-15H,6,11-12H2,1-4H3,(H,24,27). The number of aryl methyl sites for hydroxylation is 2. The molecule has 1 N–H and O–H groups in total. The van der Waals surface area contributed by atoms with E-state index in [4.69, 9.17) is 14.6 Å². The Morgan fingerprint density at radius 2 is 1.93 bits per heavy atom. The molecule has 6 nitrogen and oxygen atoms in total. The first kappa shape index (κ1) is 20.6. The monoisotopic (exact) mass is 393 g/mol. The van der Waals surface area contributed by atoms with Crippen molar-refractivity contribution in [2.75, 3.05) is 27.4 Å². The second-order valence-electron chi connectivity index (χ2n) is 6.95. The summed E-state index contributed by atoms with van der Waals surface area (Å²) in [4.78, 5) is 12.9. The molecule has 0 fully saturated rings. The molecule has 0 saturated heterocycles. The lowest BCUT2D eigenvalue weighted by atomic mass is 10.1. The van der Waals surface area contributed by atoms with E-state index in [2.05, 4.69) is 11.4 Å². The molecule has 0 saturated carbocycles. The quantitative estimate of drug-likeness (QED) is 0.589. The molecule has 0 aliphatic carbocycles. The van der Waals surface area contributed by atoms with Crippen LogP contribution in [-0.2, 0) is 4.74 Å². The zero-order chi connectivity index (χ0) is 20.8. The normalized spacial score (nSPS) is 10.8. The number of rotatable bonds is 8. The number of amides is 1. The van der Waals surface area contributed by atoms with Crippen molar-refractivity contribution in [1.82, 2.24) is 15.1 Å². The Balaban J connectivity index is 2.03. The highest BCUT2D eigenvalue weighted by Gasteiger charge is 2.19. The van der Waals surface area contributed by atoms with Crippen LogP contribution >= 0.6 is 0 Å². The van der Waals surface area contributed by atoms with Crippen LogP contribution < -0.4 is 10.1 Å². The lowest BCUT2D eigenvalue weighted by Crippen LogP contribution is -2.27. The second-order valence-corrected chi connectivity index (χ2v) is 6.95. The number of nitrogens with zero attached hydrogens (tertiary/aromatic N) is 2. The van der Waals surface area contributed by atoms with Gasteiger partial charge in [0, 0.05) is 25.8 Å². The summed E-state index contributed by atoms with van der Waals surface area (Å²) in [5, 5.41) is 7.73. The summed E-state index contributed by atoms with van der Waals surface area (Å²) >= 11 is 0. The van der Waals surface area contributed by atoms with Crippen molar-refractivity contribution in [1.29, 1.82) is 0 Å². The third-order valence-electron chi connectivity index (χ3n) is 4.71. The van der Waals surface area contributed by atoms with E-state index in [1.807, 2.05) is 56.3 Å². The number of carbonyl (C=O) groups is 1. The molecule has 29 heavy (non-hydrogen) atoms. The van der Waals surface area contributed by atoms with Gasteiger partial charge in [0.25, 0.3) is 5.91 Å². The predicted molar refractivity (Wildman–Crippen MR) is 114 cm³/mol. The molecule has 0 radical (unpaired) electrons. The summed E-state index contributed by atoms with van der Waals surface area (Å²) in [7, 11) is 3.28. The van der Waals surface area contributed by atoms with Crippen LogP contribution in [0.25, 0.3) is 16.9 Å². The van der Waals surface area contributed by atoms with Gasteiger partial charge >= 0.3 is 0 Å². The van der Waals surface area contributed by atoms with Crippen LogP contribution in [-0.4, -0.2) is 43.1 Å². The topological polar surface area (TPSA) is 65.4 Å². The van der Waals surface area contributed by atoms with Gasteiger partial charge in [-0.25, -0.2) is 4.68 Å². The van der Waals surface area contributed by atoms with Crippen molar-refractivity contribution in [3.8, 4) is 22.7 Å². The van der Waals surface area contributed by atoms with Crippen molar-refractivity contribution in [3.63, 3.8) is 0 Å². The van der Waals surface area contributed by atoms with Gasteiger partial charge in [-0.2, -0.15) is 5.10 Å². The number of hydrogen-bond donors (Lipinski definition) is 1. The van der Waals surface area contributed by atoms with E-state index in [0.717, 1.165) is 34.5 Å². The largest absolute Gasteiger partial charge is 0.497 e. The van der Waals surface area contributed by atoms with Gasteiger partial charge < -0.3 is 14.8 Å². The van der Waals surface area contributed by atoms with Crippen molar-refractivity contribution in [2.45, 2.75) is 20.3 Å². The molecule has 0 spiro atoms. The highest BCUT2D eigenvalue weighted by atomic mass is 16.5. The van der Waals surface area contributed by atoms with Gasteiger partial charge in [-0.3, -0.25) is 4.79 Å². The Bertz CT molecular complexity index is 995. The maximum absolute atomic E-state index is 12.9. The highest BCUT2D eigenvalue weighted by Crippen LogP contribution is 2.26. The Morgan fingerprint density at radius 3 is 2.69 bits per heavy atom. The SMILES string of the molecule is COCCCNC(=O)c1cc(-c2cccc(OC)c2)nn1-c1cc(C)ccc1C. The number of ether oxygens (including phenoxy) is 2. The number of hydrogen-bond acceptors (Lipinski definition) is 4. The van der Waals surface area contributed by atoms with Crippen molar-refractivity contribution < 1.29 is 14.3 Å². The fourth-order valence-electron chi connectivity index (χ4n) is 3.11. The average Bonchev–Trinajstić information content (AvgIpc) is 3.18. The number of methoxy groups -OCH3 is 2. The van der Waals surface area contributed by atoms with E-state index in [1.165, 1.54) is 0 Å². The molecular weight excluding hydrogens is 366 g/mol. The lowest BCUT2D eigenvalue weighted by molar-refractivity contribution is 0.0941. The molecule has 6 heteroatoms. The summed E-state index contributed by atoms with van der Waals surface area (Å²) in [6, 6.07) is 15.6. The van der Waals surface area contributed by atoms with Gasteiger partial charge in [0.15, 0.2) is 0 Å². The molecule has 1 amide bonds. The Kier molecular flexibility index (Phi) is 6.67. The molecule has 3 aromatic rings. The molecule has 0 aliphatic rings. The van der Waals surface area contributed by atoms with E-state index >= 15 is 0 Å². The highest BCUT2D eigenvalue weighted by molar-refractivity contribution is 5.94. The molecule has 2 aromatic carbocycles. The van der Waals surface area contributed by atoms with Gasteiger partial charge in [-0.1, -0.05) is 24.3 Å². The lowest BCUT2D eigenvalue weighted by Gasteiger charge is -2.11. The third-order valence-corrected chi connectivity index (χ3v) is 4.71. The van der Waals surface area contributed by atoms with E-state index in [0.29, 0.717) is 24.5 Å². The number of nitrogens with one attached hydrogen (secondary N) is 1. The summed E-state index contributed by atoms with van der Waals surface area (Å²) in [6.45, 7) is 5.19. The van der Waals surface area contributed by atoms with Gasteiger partial charge in [0.05, 0.1) is 18.5 Å². The molecule has 0 bridgehead atoms. The van der Waals surface area contributed by atoms with E-state index in [1.54, 1.807) is 18.9 Å². The maximum atomic E-state index is 12.9. The van der Waals surface area contributed by atoms with Gasteiger partial charge in [0.2, 0.25) is 0 Å². The number of aromatic nitrogens is 2. The molecule has 3 rings (SSSR count). The Morgan fingerprint density at radius 1 is 1.10 bits per heavy atom. The van der Waals surface area contributed by atoms with Gasteiger partial charge in [0.1, 0.15) is 11.4 Å². The minimum atomic E-state index is -0.163. The average molecular weight is 393 g/mol. The molecule has 0 unspecified atom stereocenters. The first-order valence-corrected chi connectivity index (χ1v) is 9.62. The third kappa shape index (κ3) is 4.84. The van der Waals surface area contributed by atoms with Crippen LogP contribution in [0.2, 0.25) is 0 Å². The maximum Gasteiger partial charge on any atom is 0.270 e.